The number of amidine groups is 1. The molecule has 2 aliphatic rings. The van der Waals surface area contributed by atoms with Gasteiger partial charge in [0.25, 0.3) is 0 Å². The molecule has 3 heterocycles. The Bertz CT molecular complexity index is 666. The van der Waals surface area contributed by atoms with Crippen LogP contribution in [0.15, 0.2) is 29.3 Å². The van der Waals surface area contributed by atoms with Gasteiger partial charge >= 0.3 is 0 Å². The number of nitrogens with zero attached hydrogens (tertiary/aromatic N) is 3. The first-order chi connectivity index (χ1) is 9.40. The van der Waals surface area contributed by atoms with E-state index in [0.29, 0.717) is 0 Å². The van der Waals surface area contributed by atoms with Gasteiger partial charge in [-0.3, -0.25) is 4.99 Å². The number of aryl methyl sites for hydroxylation is 1. The van der Waals surface area contributed by atoms with Gasteiger partial charge in [0.05, 0.1) is 5.69 Å². The summed E-state index contributed by atoms with van der Waals surface area (Å²) in [5.74, 6) is 1.23. The lowest BCUT2D eigenvalue weighted by Gasteiger charge is -2.31. The highest BCUT2D eigenvalue weighted by atomic mass is 15.3. The van der Waals surface area contributed by atoms with Crippen LogP contribution in [0.25, 0.3) is 10.9 Å². The zero-order valence-corrected chi connectivity index (χ0v) is 11.4. The summed E-state index contributed by atoms with van der Waals surface area (Å²) in [6.45, 7) is 6.42. The quantitative estimate of drug-likeness (QED) is 0.765. The highest BCUT2D eigenvalue weighted by molar-refractivity contribution is 6.05. The molecule has 0 aliphatic carbocycles. The molecule has 1 aromatic heterocycles. The Morgan fingerprint density at radius 1 is 1.21 bits per heavy atom. The van der Waals surface area contributed by atoms with E-state index in [4.69, 9.17) is 4.99 Å². The topological polar surface area (TPSA) is 20.5 Å². The Morgan fingerprint density at radius 3 is 3.00 bits per heavy atom. The van der Waals surface area contributed by atoms with Crippen molar-refractivity contribution >= 4 is 16.7 Å². The molecule has 98 valence electrons. The molecule has 0 bridgehead atoms. The summed E-state index contributed by atoms with van der Waals surface area (Å²) >= 11 is 0. The van der Waals surface area contributed by atoms with Crippen molar-refractivity contribution < 1.29 is 0 Å². The molecule has 0 fully saturated rings. The Kier molecular flexibility index (Phi) is 2.40. The van der Waals surface area contributed by atoms with Gasteiger partial charge in [0, 0.05) is 37.1 Å². The number of aromatic nitrogens is 1. The van der Waals surface area contributed by atoms with Gasteiger partial charge in [0.1, 0.15) is 5.84 Å². The SMILES string of the molecule is CCN1CCn2c3c(c4ccccc42)CCCN=C31. The van der Waals surface area contributed by atoms with E-state index in [1.54, 1.807) is 0 Å². The molecule has 0 saturated heterocycles. The van der Waals surface area contributed by atoms with Crippen molar-refractivity contribution in [3.05, 3.63) is 35.5 Å². The predicted molar refractivity (Wildman–Crippen MR) is 78.9 cm³/mol. The fraction of sp³-hybridized carbons (Fsp3) is 0.438. The molecule has 0 amide bonds. The molecule has 4 rings (SSSR count). The third-order valence-corrected chi connectivity index (χ3v) is 4.41. The summed E-state index contributed by atoms with van der Waals surface area (Å²) in [4.78, 5) is 7.30. The van der Waals surface area contributed by atoms with Gasteiger partial charge in [0.15, 0.2) is 0 Å². The van der Waals surface area contributed by atoms with Crippen molar-refractivity contribution in [1.82, 2.24) is 9.47 Å². The molecule has 0 spiro atoms. The number of aliphatic imine (C=N–C) groups is 1. The number of hydrogen-bond acceptors (Lipinski definition) is 2. The van der Waals surface area contributed by atoms with Gasteiger partial charge in [-0.25, -0.2) is 0 Å². The summed E-state index contributed by atoms with van der Waals surface area (Å²) < 4.78 is 2.49. The van der Waals surface area contributed by atoms with Crippen LogP contribution in [-0.2, 0) is 13.0 Å². The number of rotatable bonds is 1. The van der Waals surface area contributed by atoms with Crippen molar-refractivity contribution in [3.8, 4) is 0 Å². The molecule has 0 N–H and O–H groups in total. The van der Waals surface area contributed by atoms with E-state index >= 15 is 0 Å². The van der Waals surface area contributed by atoms with Crippen molar-refractivity contribution in [2.45, 2.75) is 26.3 Å². The first kappa shape index (κ1) is 11.1. The van der Waals surface area contributed by atoms with E-state index in [9.17, 15) is 0 Å². The summed E-state index contributed by atoms with van der Waals surface area (Å²) in [5, 5.41) is 1.44. The second kappa shape index (κ2) is 4.12. The maximum Gasteiger partial charge on any atom is 0.148 e. The largest absolute Gasteiger partial charge is 0.354 e. The lowest BCUT2D eigenvalue weighted by atomic mass is 10.1. The minimum Gasteiger partial charge on any atom is -0.354 e. The standard InChI is InChI=1S/C16H19N3/c1-2-18-10-11-19-14-8-4-3-6-12(14)13-7-5-9-17-16(18)15(13)19/h3-4,6,8H,2,5,7,9-11H2,1H3. The van der Waals surface area contributed by atoms with Crippen LogP contribution in [0.1, 0.15) is 24.6 Å². The van der Waals surface area contributed by atoms with Gasteiger partial charge in [-0.05, 0) is 31.4 Å². The molecule has 1 aromatic carbocycles. The average molecular weight is 253 g/mol. The normalized spacial score (nSPS) is 18.2. The molecular formula is C16H19N3. The number of likely N-dealkylation sites (N-methyl/N-ethyl adjacent to an activating group) is 1. The van der Waals surface area contributed by atoms with E-state index < -0.39 is 0 Å². The van der Waals surface area contributed by atoms with Gasteiger partial charge < -0.3 is 9.47 Å². The number of hydrogen-bond donors (Lipinski definition) is 0. The van der Waals surface area contributed by atoms with E-state index in [2.05, 4.69) is 40.7 Å². The summed E-state index contributed by atoms with van der Waals surface area (Å²) in [7, 11) is 0. The van der Waals surface area contributed by atoms with Gasteiger partial charge in [-0.15, -0.1) is 0 Å². The Balaban J connectivity index is 2.06. The molecule has 2 aliphatic heterocycles. The number of para-hydroxylation sites is 1. The first-order valence-corrected chi connectivity index (χ1v) is 7.30. The van der Waals surface area contributed by atoms with E-state index in [1.165, 1.54) is 34.4 Å². The lowest BCUT2D eigenvalue weighted by Crippen LogP contribution is -2.40. The molecule has 0 saturated carbocycles. The van der Waals surface area contributed by atoms with Crippen LogP contribution in [0.4, 0.5) is 0 Å². The summed E-state index contributed by atoms with van der Waals surface area (Å²) in [6, 6.07) is 8.83. The van der Waals surface area contributed by atoms with Crippen LogP contribution in [0.3, 0.4) is 0 Å². The molecule has 19 heavy (non-hydrogen) atoms. The number of benzene rings is 1. The van der Waals surface area contributed by atoms with Gasteiger partial charge in [-0.2, -0.15) is 0 Å². The Labute approximate surface area is 113 Å². The third kappa shape index (κ3) is 1.47. The molecule has 0 atom stereocenters. The average Bonchev–Trinajstić information content (AvgIpc) is 2.62. The Hall–Kier alpha value is -1.77. The zero-order chi connectivity index (χ0) is 12.8. The summed E-state index contributed by atoms with van der Waals surface area (Å²) in [5.41, 5.74) is 4.30. The van der Waals surface area contributed by atoms with E-state index in [0.717, 1.165) is 32.6 Å². The second-order valence-electron chi connectivity index (χ2n) is 5.38. The maximum absolute atomic E-state index is 4.86. The highest BCUT2D eigenvalue weighted by Gasteiger charge is 2.28. The van der Waals surface area contributed by atoms with Crippen molar-refractivity contribution in [2.75, 3.05) is 19.6 Å². The molecule has 0 unspecified atom stereocenters. The van der Waals surface area contributed by atoms with Crippen LogP contribution in [0.2, 0.25) is 0 Å². The van der Waals surface area contributed by atoms with Crippen LogP contribution in [-0.4, -0.2) is 34.9 Å². The van der Waals surface area contributed by atoms with Crippen LogP contribution in [0, 0.1) is 0 Å². The van der Waals surface area contributed by atoms with Crippen molar-refractivity contribution in [3.63, 3.8) is 0 Å². The van der Waals surface area contributed by atoms with E-state index in [1.807, 2.05) is 0 Å². The van der Waals surface area contributed by atoms with E-state index in [-0.39, 0.29) is 0 Å². The second-order valence-corrected chi connectivity index (χ2v) is 5.38. The predicted octanol–water partition coefficient (Wildman–Crippen LogP) is 2.67. The molecule has 2 aromatic rings. The smallest absolute Gasteiger partial charge is 0.148 e. The molecule has 3 nitrogen and oxygen atoms in total. The molecule has 0 radical (unpaired) electrons. The maximum atomic E-state index is 4.86. The monoisotopic (exact) mass is 253 g/mol. The Morgan fingerprint density at radius 2 is 2.11 bits per heavy atom. The van der Waals surface area contributed by atoms with Crippen LogP contribution in [0.5, 0.6) is 0 Å². The van der Waals surface area contributed by atoms with Crippen LogP contribution >= 0.6 is 0 Å². The first-order valence-electron chi connectivity index (χ1n) is 7.30. The van der Waals surface area contributed by atoms with Crippen molar-refractivity contribution in [2.24, 2.45) is 4.99 Å². The highest BCUT2D eigenvalue weighted by Crippen LogP contribution is 2.32. The van der Waals surface area contributed by atoms with Gasteiger partial charge in [0.2, 0.25) is 0 Å². The zero-order valence-electron chi connectivity index (χ0n) is 11.4. The van der Waals surface area contributed by atoms with Crippen LogP contribution < -0.4 is 0 Å². The minimum absolute atomic E-state index is 0.967. The minimum atomic E-state index is 0.967. The fourth-order valence-corrected chi connectivity index (χ4v) is 3.52. The third-order valence-electron chi connectivity index (χ3n) is 4.41. The molecular weight excluding hydrogens is 234 g/mol. The molecule has 3 heteroatoms. The van der Waals surface area contributed by atoms with Gasteiger partial charge in [-0.1, -0.05) is 18.2 Å². The number of fused-ring (bicyclic) bond motifs is 3. The fourth-order valence-electron chi connectivity index (χ4n) is 3.52. The van der Waals surface area contributed by atoms with Crippen molar-refractivity contribution in [1.29, 1.82) is 0 Å². The lowest BCUT2D eigenvalue weighted by molar-refractivity contribution is 0.392. The summed E-state index contributed by atoms with van der Waals surface area (Å²) in [6.07, 6.45) is 2.33.